The summed E-state index contributed by atoms with van der Waals surface area (Å²) in [5.74, 6) is -3.44. The molecule has 86 valence electrons. The molecular weight excluding hydrogens is 228 g/mol. The number of aliphatic carboxylic acids is 2. The molecule has 0 amide bonds. The van der Waals surface area contributed by atoms with Crippen molar-refractivity contribution in [2.45, 2.75) is 12.8 Å². The highest BCUT2D eigenvalue weighted by Crippen LogP contribution is 2.06. The van der Waals surface area contributed by atoms with Crippen molar-refractivity contribution in [2.24, 2.45) is 0 Å². The van der Waals surface area contributed by atoms with Crippen molar-refractivity contribution < 1.29 is 32.8 Å². The van der Waals surface area contributed by atoms with Crippen molar-refractivity contribution >= 4 is 22.1 Å². The second-order valence-electron chi connectivity index (χ2n) is 2.70. The zero-order valence-electron chi connectivity index (χ0n) is 7.58. The Morgan fingerprint density at radius 3 is 2.07 bits per heavy atom. The van der Waals surface area contributed by atoms with E-state index in [0.717, 1.165) is 0 Å². The number of carboxylic acids is 2. The Bertz CT molecular complexity index is 378. The van der Waals surface area contributed by atoms with E-state index in [9.17, 15) is 18.0 Å². The Balaban J connectivity index is 4.34. The first-order valence-electron chi connectivity index (χ1n) is 3.84. The number of carboxylic acid groups (broad SMARTS) is 2. The molecule has 0 saturated heterocycles. The lowest BCUT2D eigenvalue weighted by atomic mass is 10.1. The van der Waals surface area contributed by atoms with Crippen LogP contribution in [0.3, 0.4) is 0 Å². The molecule has 15 heavy (non-hydrogen) atoms. The summed E-state index contributed by atoms with van der Waals surface area (Å²) in [4.78, 5) is 20.6. The van der Waals surface area contributed by atoms with E-state index in [4.69, 9.17) is 14.8 Å². The van der Waals surface area contributed by atoms with Gasteiger partial charge in [0.05, 0.1) is 5.75 Å². The van der Waals surface area contributed by atoms with Gasteiger partial charge in [0.15, 0.2) is 0 Å². The zero-order chi connectivity index (χ0) is 12.1. The summed E-state index contributed by atoms with van der Waals surface area (Å²) in [5, 5.41) is 16.8. The molecule has 0 aromatic carbocycles. The van der Waals surface area contributed by atoms with Crippen molar-refractivity contribution in [3.05, 3.63) is 11.6 Å². The molecule has 0 fully saturated rings. The second kappa shape index (κ2) is 5.47. The molecule has 0 spiro atoms. The average Bonchev–Trinajstić information content (AvgIpc) is 1.99. The molecule has 0 aromatic heterocycles. The lowest BCUT2D eigenvalue weighted by Gasteiger charge is -1.99. The number of hydrogen-bond acceptors (Lipinski definition) is 4. The largest absolute Gasteiger partial charge is 0.478 e. The Hall–Kier alpha value is -1.41. The molecule has 0 radical (unpaired) electrons. The highest BCUT2D eigenvalue weighted by molar-refractivity contribution is 7.85. The van der Waals surface area contributed by atoms with Crippen LogP contribution in [0.15, 0.2) is 11.6 Å². The first kappa shape index (κ1) is 13.6. The summed E-state index contributed by atoms with van der Waals surface area (Å²) in [6, 6.07) is 0. The van der Waals surface area contributed by atoms with Gasteiger partial charge in [-0.1, -0.05) is 0 Å². The Kier molecular flexibility index (Phi) is 4.95. The quantitative estimate of drug-likeness (QED) is 0.429. The highest BCUT2D eigenvalue weighted by atomic mass is 32.2. The average molecular weight is 238 g/mol. The molecular formula is C7H10O7S. The summed E-state index contributed by atoms with van der Waals surface area (Å²) < 4.78 is 28.9. The Morgan fingerprint density at radius 1 is 1.20 bits per heavy atom. The molecule has 0 unspecified atom stereocenters. The van der Waals surface area contributed by atoms with E-state index in [1.165, 1.54) is 0 Å². The van der Waals surface area contributed by atoms with E-state index in [-0.39, 0.29) is 12.8 Å². The molecule has 0 aliphatic carbocycles. The van der Waals surface area contributed by atoms with Gasteiger partial charge in [0.1, 0.15) is 0 Å². The van der Waals surface area contributed by atoms with Crippen molar-refractivity contribution in [3.63, 3.8) is 0 Å². The molecule has 0 aromatic rings. The molecule has 0 aliphatic rings. The third-order valence-electron chi connectivity index (χ3n) is 1.42. The Labute approximate surface area is 85.8 Å². The van der Waals surface area contributed by atoms with Crippen LogP contribution in [0, 0.1) is 0 Å². The van der Waals surface area contributed by atoms with Crippen LogP contribution in [-0.2, 0) is 19.7 Å². The van der Waals surface area contributed by atoms with Gasteiger partial charge in [-0.05, 0) is 12.8 Å². The maximum absolute atomic E-state index is 10.4. The van der Waals surface area contributed by atoms with Crippen LogP contribution in [0.4, 0.5) is 0 Å². The van der Waals surface area contributed by atoms with Crippen LogP contribution in [0.5, 0.6) is 0 Å². The molecule has 0 aliphatic heterocycles. The molecule has 7 nitrogen and oxygen atoms in total. The van der Waals surface area contributed by atoms with E-state index in [1.54, 1.807) is 0 Å². The Morgan fingerprint density at radius 2 is 1.73 bits per heavy atom. The van der Waals surface area contributed by atoms with Gasteiger partial charge in [-0.3, -0.25) is 4.55 Å². The summed E-state index contributed by atoms with van der Waals surface area (Å²) in [5.41, 5.74) is -0.411. The van der Waals surface area contributed by atoms with Crippen LogP contribution in [-0.4, -0.2) is 40.9 Å². The van der Waals surface area contributed by atoms with Gasteiger partial charge in [0.25, 0.3) is 10.1 Å². The van der Waals surface area contributed by atoms with Gasteiger partial charge in [0, 0.05) is 11.6 Å². The summed E-state index contributed by atoms with van der Waals surface area (Å²) in [7, 11) is -4.14. The van der Waals surface area contributed by atoms with Crippen LogP contribution in [0.25, 0.3) is 0 Å². The fourth-order valence-electron chi connectivity index (χ4n) is 0.835. The standard InChI is InChI=1S/C7H10O7S/c8-6(9)4-5(7(10)11)2-1-3-15(12,13)14/h4H,1-3H2,(H,8,9)(H,10,11)(H,12,13,14). The van der Waals surface area contributed by atoms with E-state index in [1.807, 2.05) is 0 Å². The summed E-state index contributed by atoms with van der Waals surface area (Å²) >= 11 is 0. The van der Waals surface area contributed by atoms with Gasteiger partial charge in [-0.15, -0.1) is 0 Å². The normalized spacial score (nSPS) is 12.5. The monoisotopic (exact) mass is 238 g/mol. The minimum atomic E-state index is -4.14. The minimum absolute atomic E-state index is 0.149. The van der Waals surface area contributed by atoms with E-state index in [2.05, 4.69) is 0 Å². The van der Waals surface area contributed by atoms with Crippen LogP contribution in [0.1, 0.15) is 12.8 Å². The molecule has 0 saturated carbocycles. The lowest BCUT2D eigenvalue weighted by molar-refractivity contribution is -0.135. The van der Waals surface area contributed by atoms with Crippen LogP contribution < -0.4 is 0 Å². The van der Waals surface area contributed by atoms with Gasteiger partial charge >= 0.3 is 11.9 Å². The minimum Gasteiger partial charge on any atom is -0.478 e. The third-order valence-corrected chi connectivity index (χ3v) is 2.23. The molecule has 3 N–H and O–H groups in total. The van der Waals surface area contributed by atoms with Crippen molar-refractivity contribution in [2.75, 3.05) is 5.75 Å². The second-order valence-corrected chi connectivity index (χ2v) is 4.27. The maximum atomic E-state index is 10.4. The van der Waals surface area contributed by atoms with E-state index < -0.39 is 33.4 Å². The molecule has 0 heterocycles. The fraction of sp³-hybridized carbons (Fsp3) is 0.429. The predicted octanol–water partition coefficient (Wildman–Crippen LogP) is -0.250. The highest BCUT2D eigenvalue weighted by Gasteiger charge is 2.11. The summed E-state index contributed by atoms with van der Waals surface area (Å²) in [6.45, 7) is 0. The SMILES string of the molecule is O=C(O)C=C(CCCS(=O)(=O)O)C(=O)O. The van der Waals surface area contributed by atoms with Crippen molar-refractivity contribution in [3.8, 4) is 0 Å². The smallest absolute Gasteiger partial charge is 0.331 e. The number of carbonyl (C=O) groups is 2. The number of hydrogen-bond donors (Lipinski definition) is 3. The van der Waals surface area contributed by atoms with Gasteiger partial charge < -0.3 is 10.2 Å². The number of rotatable bonds is 6. The predicted molar refractivity (Wildman–Crippen MR) is 49.0 cm³/mol. The summed E-state index contributed by atoms with van der Waals surface area (Å²) in [6.07, 6.45) is 0.109. The topological polar surface area (TPSA) is 129 Å². The maximum Gasteiger partial charge on any atom is 0.331 e. The molecule has 8 heteroatoms. The first-order valence-corrected chi connectivity index (χ1v) is 5.45. The van der Waals surface area contributed by atoms with Gasteiger partial charge in [0.2, 0.25) is 0 Å². The van der Waals surface area contributed by atoms with Crippen molar-refractivity contribution in [1.82, 2.24) is 0 Å². The van der Waals surface area contributed by atoms with Gasteiger partial charge in [-0.2, -0.15) is 8.42 Å². The molecule has 0 bridgehead atoms. The third kappa shape index (κ3) is 7.65. The van der Waals surface area contributed by atoms with Gasteiger partial charge in [-0.25, -0.2) is 9.59 Å². The van der Waals surface area contributed by atoms with E-state index >= 15 is 0 Å². The van der Waals surface area contributed by atoms with Crippen LogP contribution >= 0.6 is 0 Å². The molecule has 0 atom stereocenters. The van der Waals surface area contributed by atoms with Crippen molar-refractivity contribution in [1.29, 1.82) is 0 Å². The van der Waals surface area contributed by atoms with Crippen LogP contribution in [0.2, 0.25) is 0 Å². The lowest BCUT2D eigenvalue weighted by Crippen LogP contribution is -2.08. The zero-order valence-corrected chi connectivity index (χ0v) is 8.40. The van der Waals surface area contributed by atoms with E-state index in [0.29, 0.717) is 6.08 Å². The molecule has 0 rings (SSSR count). The fourth-order valence-corrected chi connectivity index (χ4v) is 1.34. The first-order chi connectivity index (χ1) is 6.72.